The lowest BCUT2D eigenvalue weighted by Gasteiger charge is -2.24. The number of furan rings is 1. The molecule has 1 amide bonds. The van der Waals surface area contributed by atoms with E-state index in [4.69, 9.17) is 13.9 Å². The first-order valence-electron chi connectivity index (χ1n) is 6.10. The summed E-state index contributed by atoms with van der Waals surface area (Å²) in [7, 11) is 1.61. The van der Waals surface area contributed by atoms with E-state index >= 15 is 0 Å². The van der Waals surface area contributed by atoms with Gasteiger partial charge < -0.3 is 18.8 Å². The van der Waals surface area contributed by atoms with Crippen molar-refractivity contribution in [3.8, 4) is 0 Å². The van der Waals surface area contributed by atoms with Crippen molar-refractivity contribution in [2.45, 2.75) is 26.5 Å². The van der Waals surface area contributed by atoms with E-state index in [-0.39, 0.29) is 5.91 Å². The molecule has 0 saturated carbocycles. The van der Waals surface area contributed by atoms with Crippen LogP contribution in [0.1, 0.15) is 19.6 Å². The molecule has 1 aromatic rings. The van der Waals surface area contributed by atoms with Crippen molar-refractivity contribution in [2.75, 3.05) is 26.9 Å². The Labute approximate surface area is 108 Å². The number of ether oxygens (including phenoxy) is 2. The van der Waals surface area contributed by atoms with Crippen LogP contribution in [-0.2, 0) is 20.8 Å². The van der Waals surface area contributed by atoms with E-state index in [2.05, 4.69) is 0 Å². The van der Waals surface area contributed by atoms with Crippen molar-refractivity contribution in [1.29, 1.82) is 0 Å². The number of rotatable bonds is 8. The smallest absolute Gasteiger partial charge is 0.251 e. The van der Waals surface area contributed by atoms with Gasteiger partial charge >= 0.3 is 0 Å². The fraction of sp³-hybridized carbons (Fsp3) is 0.615. The molecule has 1 rings (SSSR count). The van der Waals surface area contributed by atoms with E-state index < -0.39 is 6.10 Å². The number of carbonyl (C=O) groups excluding carboxylic acids is 1. The van der Waals surface area contributed by atoms with Crippen molar-refractivity contribution < 1.29 is 18.7 Å². The zero-order chi connectivity index (χ0) is 13.4. The Hall–Kier alpha value is -1.33. The molecule has 5 heteroatoms. The van der Waals surface area contributed by atoms with Crippen LogP contribution in [0.2, 0.25) is 0 Å². The van der Waals surface area contributed by atoms with Gasteiger partial charge in [0.1, 0.15) is 11.9 Å². The van der Waals surface area contributed by atoms with Crippen molar-refractivity contribution in [3.63, 3.8) is 0 Å². The Bertz CT molecular complexity index is 337. The highest BCUT2D eigenvalue weighted by molar-refractivity contribution is 5.80. The average molecular weight is 255 g/mol. The standard InChI is InChI=1S/C13H21NO4/c1-4-17-11(2)13(15)14(7-9-16-3)10-12-6-5-8-18-12/h5-6,8,11H,4,7,9-10H2,1-3H3. The van der Waals surface area contributed by atoms with Gasteiger partial charge in [-0.25, -0.2) is 0 Å². The van der Waals surface area contributed by atoms with E-state index in [1.54, 1.807) is 31.3 Å². The van der Waals surface area contributed by atoms with Crippen LogP contribution >= 0.6 is 0 Å². The first-order valence-corrected chi connectivity index (χ1v) is 6.10. The van der Waals surface area contributed by atoms with Gasteiger partial charge in [-0.1, -0.05) is 0 Å². The first kappa shape index (κ1) is 14.7. The largest absolute Gasteiger partial charge is 0.467 e. The molecule has 0 saturated heterocycles. The molecule has 0 spiro atoms. The zero-order valence-electron chi connectivity index (χ0n) is 11.2. The van der Waals surface area contributed by atoms with Gasteiger partial charge in [0.25, 0.3) is 5.91 Å². The van der Waals surface area contributed by atoms with Crippen LogP contribution < -0.4 is 0 Å². The van der Waals surface area contributed by atoms with Crippen LogP contribution in [0, 0.1) is 0 Å². The minimum atomic E-state index is -0.443. The van der Waals surface area contributed by atoms with Crippen LogP contribution in [0.4, 0.5) is 0 Å². The fourth-order valence-electron chi connectivity index (χ4n) is 1.64. The molecule has 1 unspecified atom stereocenters. The van der Waals surface area contributed by atoms with E-state index in [0.717, 1.165) is 5.76 Å². The summed E-state index contributed by atoms with van der Waals surface area (Å²) >= 11 is 0. The lowest BCUT2D eigenvalue weighted by Crippen LogP contribution is -2.40. The minimum Gasteiger partial charge on any atom is -0.467 e. The molecular formula is C13H21NO4. The highest BCUT2D eigenvalue weighted by Crippen LogP contribution is 2.08. The lowest BCUT2D eigenvalue weighted by molar-refractivity contribution is -0.143. The van der Waals surface area contributed by atoms with Gasteiger partial charge in [0.15, 0.2) is 0 Å². The molecule has 18 heavy (non-hydrogen) atoms. The summed E-state index contributed by atoms with van der Waals surface area (Å²) < 4.78 is 15.6. The van der Waals surface area contributed by atoms with Gasteiger partial charge in [-0.3, -0.25) is 4.79 Å². The summed E-state index contributed by atoms with van der Waals surface area (Å²) in [6.45, 7) is 5.60. The minimum absolute atomic E-state index is 0.0506. The van der Waals surface area contributed by atoms with E-state index in [9.17, 15) is 4.79 Å². The molecule has 1 atom stereocenters. The number of hydrogen-bond donors (Lipinski definition) is 0. The summed E-state index contributed by atoms with van der Waals surface area (Å²) in [6, 6.07) is 3.65. The maximum Gasteiger partial charge on any atom is 0.251 e. The summed E-state index contributed by atoms with van der Waals surface area (Å²) in [5, 5.41) is 0. The quantitative estimate of drug-likeness (QED) is 0.709. The van der Waals surface area contributed by atoms with Crippen molar-refractivity contribution >= 4 is 5.91 Å². The Morgan fingerprint density at radius 1 is 1.56 bits per heavy atom. The zero-order valence-corrected chi connectivity index (χ0v) is 11.2. The second kappa shape index (κ2) is 7.89. The number of nitrogens with zero attached hydrogens (tertiary/aromatic N) is 1. The average Bonchev–Trinajstić information content (AvgIpc) is 2.86. The molecule has 5 nitrogen and oxygen atoms in total. The molecule has 0 radical (unpaired) electrons. The van der Waals surface area contributed by atoms with Gasteiger partial charge in [-0.2, -0.15) is 0 Å². The molecule has 0 aliphatic heterocycles. The summed E-state index contributed by atoms with van der Waals surface area (Å²) in [5.41, 5.74) is 0. The van der Waals surface area contributed by atoms with Crippen LogP contribution in [0.25, 0.3) is 0 Å². The third-order valence-corrected chi connectivity index (χ3v) is 2.57. The highest BCUT2D eigenvalue weighted by atomic mass is 16.5. The monoisotopic (exact) mass is 255 g/mol. The maximum atomic E-state index is 12.2. The summed E-state index contributed by atoms with van der Waals surface area (Å²) in [4.78, 5) is 13.9. The third kappa shape index (κ3) is 4.50. The molecular weight excluding hydrogens is 234 g/mol. The predicted molar refractivity (Wildman–Crippen MR) is 67.1 cm³/mol. The van der Waals surface area contributed by atoms with Crippen molar-refractivity contribution in [3.05, 3.63) is 24.2 Å². The molecule has 0 aromatic carbocycles. The first-order chi connectivity index (χ1) is 8.69. The fourth-order valence-corrected chi connectivity index (χ4v) is 1.64. The molecule has 0 bridgehead atoms. The van der Waals surface area contributed by atoms with Gasteiger partial charge in [0.05, 0.1) is 19.4 Å². The molecule has 0 N–H and O–H groups in total. The molecule has 0 aliphatic rings. The molecule has 0 fully saturated rings. The second-order valence-corrected chi connectivity index (χ2v) is 3.93. The van der Waals surface area contributed by atoms with Crippen LogP contribution in [0.5, 0.6) is 0 Å². The molecule has 0 aliphatic carbocycles. The van der Waals surface area contributed by atoms with Gasteiger partial charge in [-0.05, 0) is 26.0 Å². The van der Waals surface area contributed by atoms with Crippen molar-refractivity contribution in [1.82, 2.24) is 4.90 Å². The SMILES string of the molecule is CCOC(C)C(=O)N(CCOC)Cc1ccco1. The van der Waals surface area contributed by atoms with Gasteiger partial charge in [0, 0.05) is 20.3 Å². The molecule has 102 valence electrons. The topological polar surface area (TPSA) is 51.9 Å². The number of hydrogen-bond acceptors (Lipinski definition) is 4. The van der Waals surface area contributed by atoms with Gasteiger partial charge in [-0.15, -0.1) is 0 Å². The summed E-state index contributed by atoms with van der Waals surface area (Å²) in [6.07, 6.45) is 1.15. The Balaban J connectivity index is 2.61. The third-order valence-electron chi connectivity index (χ3n) is 2.57. The van der Waals surface area contributed by atoms with Gasteiger partial charge in [0.2, 0.25) is 0 Å². The summed E-state index contributed by atoms with van der Waals surface area (Å²) in [5.74, 6) is 0.702. The highest BCUT2D eigenvalue weighted by Gasteiger charge is 2.21. The Morgan fingerprint density at radius 2 is 2.33 bits per heavy atom. The normalized spacial score (nSPS) is 12.4. The Morgan fingerprint density at radius 3 is 2.89 bits per heavy atom. The van der Waals surface area contributed by atoms with E-state index in [1.807, 2.05) is 13.0 Å². The van der Waals surface area contributed by atoms with E-state index in [1.165, 1.54) is 0 Å². The number of amides is 1. The van der Waals surface area contributed by atoms with E-state index in [0.29, 0.717) is 26.3 Å². The van der Waals surface area contributed by atoms with Crippen molar-refractivity contribution in [2.24, 2.45) is 0 Å². The Kier molecular flexibility index (Phi) is 6.46. The van der Waals surface area contributed by atoms with Crippen LogP contribution in [0.3, 0.4) is 0 Å². The lowest BCUT2D eigenvalue weighted by atomic mass is 10.3. The molecule has 1 aromatic heterocycles. The number of carbonyl (C=O) groups is 1. The van der Waals surface area contributed by atoms with Crippen LogP contribution in [0.15, 0.2) is 22.8 Å². The maximum absolute atomic E-state index is 12.2. The molecule has 1 heterocycles. The number of methoxy groups -OCH3 is 1. The second-order valence-electron chi connectivity index (χ2n) is 3.93. The van der Waals surface area contributed by atoms with Crippen LogP contribution in [-0.4, -0.2) is 43.8 Å². The predicted octanol–water partition coefficient (Wildman–Crippen LogP) is 1.68.